The lowest BCUT2D eigenvalue weighted by Crippen LogP contribution is -2.34. The van der Waals surface area contributed by atoms with Crippen molar-refractivity contribution in [1.82, 2.24) is 9.80 Å². The van der Waals surface area contributed by atoms with Gasteiger partial charge in [-0.25, -0.2) is 0 Å². The summed E-state index contributed by atoms with van der Waals surface area (Å²) in [5, 5.41) is 10.9. The van der Waals surface area contributed by atoms with Crippen LogP contribution in [0, 0.1) is 0 Å². The fraction of sp³-hybridized carbons (Fsp3) is 0.280. The van der Waals surface area contributed by atoms with Gasteiger partial charge in [0.1, 0.15) is 15.7 Å². The molecule has 0 aliphatic heterocycles. The van der Waals surface area contributed by atoms with Gasteiger partial charge in [-0.05, 0) is 12.8 Å². The summed E-state index contributed by atoms with van der Waals surface area (Å²) in [7, 11) is 3.57. The third kappa shape index (κ3) is 6.55. The van der Waals surface area contributed by atoms with Crippen molar-refractivity contribution in [3.05, 3.63) is 83.1 Å². The van der Waals surface area contributed by atoms with E-state index >= 15 is 0 Å². The van der Waals surface area contributed by atoms with E-state index < -0.39 is 0 Å². The molecule has 1 fully saturated rings. The Balaban J connectivity index is 1.75. The second-order valence-corrected chi connectivity index (χ2v) is 8.62. The second-order valence-electron chi connectivity index (χ2n) is 7.85. The lowest BCUT2D eigenvalue weighted by atomic mass is 10.1. The minimum Gasteiger partial charge on any atom is -0.510 e. The summed E-state index contributed by atoms with van der Waals surface area (Å²) in [5.74, 6) is -0.300. The minimum absolute atomic E-state index is 0.0383. The summed E-state index contributed by atoms with van der Waals surface area (Å²) in [6.45, 7) is 0.148. The number of benzene rings is 2. The lowest BCUT2D eigenvalue weighted by molar-refractivity contribution is -0.115. The summed E-state index contributed by atoms with van der Waals surface area (Å²) in [6.07, 6.45) is 3.53. The first-order valence-electron chi connectivity index (χ1n) is 10.5. The molecule has 0 aromatic heterocycles. The van der Waals surface area contributed by atoms with E-state index in [9.17, 15) is 9.90 Å². The van der Waals surface area contributed by atoms with E-state index in [0.29, 0.717) is 9.98 Å². The molecule has 0 spiro atoms. The van der Waals surface area contributed by atoms with E-state index in [0.717, 1.165) is 24.0 Å². The van der Waals surface area contributed by atoms with Gasteiger partial charge in [0.05, 0.1) is 24.7 Å². The molecule has 5 nitrogen and oxygen atoms in total. The van der Waals surface area contributed by atoms with Crippen LogP contribution in [-0.4, -0.2) is 70.1 Å². The number of aliphatic imine (C=N–C) groups is 1. The maximum atomic E-state index is 13.1. The predicted octanol–water partition coefficient (Wildman–Crippen LogP) is 4.22. The average Bonchev–Trinajstić information content (AvgIpc) is 3.63. The van der Waals surface area contributed by atoms with Crippen molar-refractivity contribution in [2.45, 2.75) is 18.9 Å². The molecule has 1 saturated carbocycles. The van der Waals surface area contributed by atoms with Crippen LogP contribution in [0.15, 0.2) is 77.0 Å². The molecule has 0 atom stereocenters. The molecule has 0 radical (unpaired) electrons. The zero-order valence-corrected chi connectivity index (χ0v) is 19.9. The summed E-state index contributed by atoms with van der Waals surface area (Å²) < 4.78 is 0. The van der Waals surface area contributed by atoms with Gasteiger partial charge in [0.25, 0.3) is 0 Å². The third-order valence-electron chi connectivity index (χ3n) is 5.08. The molecular weight excluding hydrogens is 438 g/mol. The molecule has 7 heteroatoms. The van der Waals surface area contributed by atoms with Gasteiger partial charge in [-0.15, -0.1) is 0 Å². The number of aliphatic hydroxyl groups is 1. The number of carbonyl (C=O) groups is 1. The molecule has 0 unspecified atom stereocenters. The van der Waals surface area contributed by atoms with Crippen molar-refractivity contribution in [1.29, 1.82) is 0 Å². The maximum absolute atomic E-state index is 13.1. The number of thiocarbonyl (C=S) groups is 2. The smallest absolute Gasteiger partial charge is 0.187 e. The monoisotopic (exact) mass is 465 g/mol. The minimum atomic E-state index is -0.244. The van der Waals surface area contributed by atoms with E-state index in [1.165, 1.54) is 6.21 Å². The zero-order valence-electron chi connectivity index (χ0n) is 18.3. The first-order chi connectivity index (χ1) is 15.4. The van der Waals surface area contributed by atoms with Crippen LogP contribution in [0.25, 0.3) is 0 Å². The van der Waals surface area contributed by atoms with E-state index in [2.05, 4.69) is 4.99 Å². The largest absolute Gasteiger partial charge is 0.510 e. The van der Waals surface area contributed by atoms with Gasteiger partial charge in [-0.3, -0.25) is 9.79 Å². The lowest BCUT2D eigenvalue weighted by Gasteiger charge is -2.22. The van der Waals surface area contributed by atoms with Crippen molar-refractivity contribution in [3.8, 4) is 0 Å². The van der Waals surface area contributed by atoms with Gasteiger partial charge in [-0.2, -0.15) is 0 Å². The molecule has 3 rings (SSSR count). The molecule has 0 saturated heterocycles. The highest BCUT2D eigenvalue weighted by molar-refractivity contribution is 7.80. The van der Waals surface area contributed by atoms with E-state index in [1.807, 2.05) is 60.7 Å². The molecule has 166 valence electrons. The molecule has 0 heterocycles. The highest BCUT2D eigenvalue weighted by Gasteiger charge is 2.23. The Kier molecular flexibility index (Phi) is 8.25. The number of nitrogens with zero attached hydrogens (tertiary/aromatic N) is 3. The molecule has 1 aliphatic rings. The van der Waals surface area contributed by atoms with Gasteiger partial charge < -0.3 is 14.9 Å². The van der Waals surface area contributed by atoms with Gasteiger partial charge in [0.2, 0.25) is 0 Å². The van der Waals surface area contributed by atoms with Gasteiger partial charge in [0, 0.05) is 31.4 Å². The number of Topliss-reactive ketones (excluding diaryl/α,β-unsaturated/α-hetero) is 1. The summed E-state index contributed by atoms with van der Waals surface area (Å²) in [4.78, 5) is 22.2. The van der Waals surface area contributed by atoms with Crippen molar-refractivity contribution >= 4 is 46.4 Å². The Labute approximate surface area is 200 Å². The Morgan fingerprint density at radius 2 is 1.41 bits per heavy atom. The predicted molar refractivity (Wildman–Crippen MR) is 138 cm³/mol. The van der Waals surface area contributed by atoms with Crippen LogP contribution in [0.5, 0.6) is 0 Å². The van der Waals surface area contributed by atoms with Crippen molar-refractivity contribution < 1.29 is 9.90 Å². The number of hydrogen-bond donors (Lipinski definition) is 1. The van der Waals surface area contributed by atoms with E-state index in [-0.39, 0.29) is 36.2 Å². The molecule has 0 amide bonds. The number of hydrogen-bond acceptors (Lipinski definition) is 5. The highest BCUT2D eigenvalue weighted by Crippen LogP contribution is 2.23. The Bertz CT molecular complexity index is 1030. The standard InChI is InChI=1S/C25H27N3O2S2/c1-27(24(31)18-9-5-3-6-10-18)16-22(29)21(15-26-20-13-14-20)23(30)17-28(2)25(32)19-11-7-4-8-12-19/h3-12,15,20,29H,13-14,16-17H2,1-2H3/b22-21-,26-15?. The quantitative estimate of drug-likeness (QED) is 0.259. The summed E-state index contributed by atoms with van der Waals surface area (Å²) >= 11 is 11.1. The molecule has 0 bridgehead atoms. The van der Waals surface area contributed by atoms with Crippen LogP contribution in [0.2, 0.25) is 0 Å². The van der Waals surface area contributed by atoms with Crippen LogP contribution in [0.1, 0.15) is 24.0 Å². The second kappa shape index (κ2) is 11.1. The highest BCUT2D eigenvalue weighted by atomic mass is 32.1. The van der Waals surface area contributed by atoms with Crippen LogP contribution in [-0.2, 0) is 4.79 Å². The molecule has 2 aromatic carbocycles. The summed E-state index contributed by atoms with van der Waals surface area (Å²) in [5.41, 5.74) is 1.94. The van der Waals surface area contributed by atoms with Crippen LogP contribution < -0.4 is 0 Å². The molecule has 32 heavy (non-hydrogen) atoms. The number of aliphatic hydroxyl groups excluding tert-OH is 1. The van der Waals surface area contributed by atoms with Gasteiger partial charge in [-0.1, -0.05) is 85.1 Å². The van der Waals surface area contributed by atoms with Gasteiger partial charge in [0.15, 0.2) is 5.78 Å². The normalized spacial score (nSPS) is 14.1. The van der Waals surface area contributed by atoms with Crippen molar-refractivity contribution in [2.75, 3.05) is 27.2 Å². The van der Waals surface area contributed by atoms with Crippen LogP contribution >= 0.6 is 24.4 Å². The Morgan fingerprint density at radius 1 is 0.938 bits per heavy atom. The molecule has 1 aliphatic carbocycles. The molecule has 2 aromatic rings. The van der Waals surface area contributed by atoms with Crippen LogP contribution in [0.3, 0.4) is 0 Å². The zero-order chi connectivity index (χ0) is 23.1. The number of rotatable bonds is 9. The van der Waals surface area contributed by atoms with Crippen LogP contribution in [0.4, 0.5) is 0 Å². The average molecular weight is 466 g/mol. The third-order valence-corrected chi connectivity index (χ3v) is 6.17. The summed E-state index contributed by atoms with van der Waals surface area (Å²) in [6, 6.07) is 19.4. The van der Waals surface area contributed by atoms with Crippen molar-refractivity contribution in [2.24, 2.45) is 4.99 Å². The van der Waals surface area contributed by atoms with E-state index in [1.54, 1.807) is 23.9 Å². The molecule has 1 N–H and O–H groups in total. The topological polar surface area (TPSA) is 56.1 Å². The van der Waals surface area contributed by atoms with E-state index in [4.69, 9.17) is 24.4 Å². The Hall–Kier alpha value is -2.90. The Morgan fingerprint density at radius 3 is 1.88 bits per heavy atom. The fourth-order valence-corrected chi connectivity index (χ4v) is 3.47. The van der Waals surface area contributed by atoms with Crippen molar-refractivity contribution in [3.63, 3.8) is 0 Å². The first-order valence-corrected chi connectivity index (χ1v) is 11.3. The number of likely N-dealkylation sites (N-methyl/N-ethyl adjacent to an activating group) is 2. The first kappa shape index (κ1) is 23.8. The van der Waals surface area contributed by atoms with Gasteiger partial charge >= 0.3 is 0 Å². The number of ketones is 1. The fourth-order valence-electron chi connectivity index (χ4n) is 3.07. The number of carbonyl (C=O) groups excluding carboxylic acids is 1. The maximum Gasteiger partial charge on any atom is 0.187 e. The molecular formula is C25H27N3O2S2. The SMILES string of the molecule is CN(CC(=O)/C(C=NC1CC1)=C(\O)CN(C)C(=S)c1ccccc1)C(=S)c1ccccc1.